The largest absolute Gasteiger partial charge is 0.494 e. The van der Waals surface area contributed by atoms with Gasteiger partial charge in [0.1, 0.15) is 11.4 Å². The van der Waals surface area contributed by atoms with Crippen LogP contribution in [0.1, 0.15) is 0 Å². The van der Waals surface area contributed by atoms with Crippen molar-refractivity contribution in [1.29, 1.82) is 0 Å². The Morgan fingerprint density at radius 1 is 0.879 bits per heavy atom. The van der Waals surface area contributed by atoms with Crippen molar-refractivity contribution >= 4 is 22.7 Å². The van der Waals surface area contributed by atoms with E-state index in [0.29, 0.717) is 22.3 Å². The number of nitrogens with zero attached hydrogens (tertiary/aromatic N) is 4. The lowest BCUT2D eigenvalue weighted by molar-refractivity contribution is 0.416. The summed E-state index contributed by atoms with van der Waals surface area (Å²) in [6.07, 6.45) is 0. The average molecular weight is 454 g/mol. The van der Waals surface area contributed by atoms with Crippen molar-refractivity contribution < 1.29 is 4.74 Å². The Bertz CT molecular complexity index is 1470. The van der Waals surface area contributed by atoms with Crippen LogP contribution in [0.4, 0.5) is 11.4 Å². The molecular weight excluding hydrogens is 434 g/mol. The molecule has 0 unspecified atom stereocenters. The Morgan fingerprint density at radius 3 is 2.27 bits per heavy atom. The highest BCUT2D eigenvalue weighted by molar-refractivity contribution is 7.12. The first-order valence-corrected chi connectivity index (χ1v) is 11.1. The number of azo groups is 1. The Kier molecular flexibility index (Phi) is 5.65. The van der Waals surface area contributed by atoms with Crippen LogP contribution in [0, 0.1) is 0 Å². The third kappa shape index (κ3) is 4.11. The van der Waals surface area contributed by atoms with Crippen LogP contribution in [0.3, 0.4) is 0 Å². The number of hydrogen-bond acceptors (Lipinski definition) is 6. The quantitative estimate of drug-likeness (QED) is 0.303. The van der Waals surface area contributed by atoms with Gasteiger partial charge in [-0.05, 0) is 12.1 Å². The molecule has 0 saturated heterocycles. The van der Waals surface area contributed by atoms with Crippen molar-refractivity contribution in [3.8, 4) is 33.4 Å². The SMILES string of the molecule is COc1ccccc1N=Nc1c(-c2ccccc2)[nH]n(-c2nc(-c3ccccc3)cs2)c1=O. The smallest absolute Gasteiger partial charge is 0.301 e. The van der Waals surface area contributed by atoms with E-state index in [2.05, 4.69) is 20.3 Å². The molecule has 0 spiro atoms. The first-order chi connectivity index (χ1) is 16.2. The fourth-order valence-electron chi connectivity index (χ4n) is 3.39. The number of thiazole rings is 1. The third-order valence-corrected chi connectivity index (χ3v) is 5.85. The van der Waals surface area contributed by atoms with Crippen LogP contribution < -0.4 is 10.3 Å². The molecule has 7 nitrogen and oxygen atoms in total. The summed E-state index contributed by atoms with van der Waals surface area (Å²) >= 11 is 1.38. The maximum atomic E-state index is 13.4. The van der Waals surface area contributed by atoms with Gasteiger partial charge in [-0.2, -0.15) is 4.68 Å². The Balaban J connectivity index is 1.61. The van der Waals surface area contributed by atoms with Crippen LogP contribution in [0.25, 0.3) is 27.6 Å². The molecule has 0 radical (unpaired) electrons. The van der Waals surface area contributed by atoms with E-state index in [9.17, 15) is 4.79 Å². The molecule has 0 aliphatic rings. The second kappa shape index (κ2) is 9.05. The van der Waals surface area contributed by atoms with Crippen LogP contribution >= 0.6 is 11.3 Å². The van der Waals surface area contributed by atoms with E-state index in [1.807, 2.05) is 78.2 Å². The van der Waals surface area contributed by atoms with Gasteiger partial charge in [-0.15, -0.1) is 21.6 Å². The Labute approximate surface area is 193 Å². The monoisotopic (exact) mass is 453 g/mol. The molecule has 1 N–H and O–H groups in total. The van der Waals surface area contributed by atoms with Crippen molar-refractivity contribution in [2.75, 3.05) is 7.11 Å². The molecule has 2 aromatic heterocycles. The van der Waals surface area contributed by atoms with E-state index in [1.165, 1.54) is 16.0 Å². The second-order valence-electron chi connectivity index (χ2n) is 7.10. The van der Waals surface area contributed by atoms with Gasteiger partial charge < -0.3 is 4.74 Å². The summed E-state index contributed by atoms with van der Waals surface area (Å²) in [5, 5.41) is 14.3. The van der Waals surface area contributed by atoms with E-state index in [1.54, 1.807) is 19.2 Å². The third-order valence-electron chi connectivity index (χ3n) is 5.02. The number of methoxy groups -OCH3 is 1. The summed E-state index contributed by atoms with van der Waals surface area (Å²) in [5.74, 6) is 0.575. The summed E-state index contributed by atoms with van der Waals surface area (Å²) < 4.78 is 6.76. The van der Waals surface area contributed by atoms with Gasteiger partial charge in [0, 0.05) is 16.5 Å². The minimum Gasteiger partial charge on any atom is -0.494 e. The topological polar surface area (TPSA) is 84.6 Å². The van der Waals surface area contributed by atoms with Crippen molar-refractivity contribution in [3.63, 3.8) is 0 Å². The van der Waals surface area contributed by atoms with Crippen LogP contribution in [0.5, 0.6) is 5.75 Å². The summed E-state index contributed by atoms with van der Waals surface area (Å²) in [6, 6.07) is 26.7. The second-order valence-corrected chi connectivity index (χ2v) is 7.93. The molecule has 2 heterocycles. The molecule has 0 amide bonds. The number of H-pyrrole nitrogens is 1. The van der Waals surface area contributed by atoms with Crippen LogP contribution in [0.2, 0.25) is 0 Å². The zero-order valence-electron chi connectivity index (χ0n) is 17.7. The van der Waals surface area contributed by atoms with E-state index < -0.39 is 0 Å². The van der Waals surface area contributed by atoms with Gasteiger partial charge in [0.15, 0.2) is 5.69 Å². The molecule has 0 saturated carbocycles. The summed E-state index contributed by atoms with van der Waals surface area (Å²) in [5.41, 5.74) is 3.57. The number of aromatic amines is 1. The highest BCUT2D eigenvalue weighted by atomic mass is 32.1. The summed E-state index contributed by atoms with van der Waals surface area (Å²) in [4.78, 5) is 18.1. The number of benzene rings is 3. The van der Waals surface area contributed by atoms with E-state index in [-0.39, 0.29) is 11.2 Å². The van der Waals surface area contributed by atoms with Crippen molar-refractivity contribution in [1.82, 2.24) is 14.8 Å². The van der Waals surface area contributed by atoms with Gasteiger partial charge in [-0.3, -0.25) is 9.89 Å². The van der Waals surface area contributed by atoms with Crippen molar-refractivity contribution in [3.05, 3.63) is 101 Å². The molecular formula is C25H19N5O2S. The molecule has 162 valence electrons. The fraction of sp³-hybridized carbons (Fsp3) is 0.0400. The predicted molar refractivity (Wildman–Crippen MR) is 130 cm³/mol. The number of para-hydroxylation sites is 1. The van der Waals surface area contributed by atoms with Crippen molar-refractivity contribution in [2.45, 2.75) is 0 Å². The Hall–Kier alpha value is -4.30. The normalized spacial score (nSPS) is 11.2. The standard InChI is InChI=1S/C25H19N5O2S/c1-32-21-15-9-8-14-19(21)27-28-23-22(18-12-6-3-7-13-18)29-30(24(23)31)25-26-20(16-33-25)17-10-4-2-5-11-17/h2-16,29H,1H3. The first kappa shape index (κ1) is 20.6. The first-order valence-electron chi connectivity index (χ1n) is 10.2. The molecule has 0 aliphatic heterocycles. The van der Waals surface area contributed by atoms with Gasteiger partial charge in [-0.1, -0.05) is 72.8 Å². The minimum absolute atomic E-state index is 0.198. The molecule has 3 aromatic carbocycles. The number of aromatic nitrogens is 3. The Morgan fingerprint density at radius 2 is 1.55 bits per heavy atom. The van der Waals surface area contributed by atoms with Gasteiger partial charge in [-0.25, -0.2) is 4.98 Å². The molecule has 5 aromatic rings. The summed E-state index contributed by atoms with van der Waals surface area (Å²) in [6.45, 7) is 0. The lowest BCUT2D eigenvalue weighted by atomic mass is 10.1. The number of nitrogens with one attached hydrogen (secondary N) is 1. The molecule has 0 atom stereocenters. The molecule has 0 fully saturated rings. The number of rotatable bonds is 6. The molecule has 33 heavy (non-hydrogen) atoms. The zero-order valence-corrected chi connectivity index (χ0v) is 18.5. The van der Waals surface area contributed by atoms with Gasteiger partial charge >= 0.3 is 5.56 Å². The zero-order chi connectivity index (χ0) is 22.6. The van der Waals surface area contributed by atoms with Gasteiger partial charge in [0.25, 0.3) is 0 Å². The highest BCUT2D eigenvalue weighted by Gasteiger charge is 2.19. The van der Waals surface area contributed by atoms with Crippen LogP contribution in [0.15, 0.2) is 105 Å². The molecule has 0 bridgehead atoms. The molecule has 5 rings (SSSR count). The highest BCUT2D eigenvalue weighted by Crippen LogP contribution is 2.32. The maximum absolute atomic E-state index is 13.4. The lowest BCUT2D eigenvalue weighted by Crippen LogP contribution is -2.13. The minimum atomic E-state index is -0.332. The number of hydrogen-bond donors (Lipinski definition) is 1. The fourth-order valence-corrected chi connectivity index (χ4v) is 4.18. The van der Waals surface area contributed by atoms with Crippen LogP contribution in [-0.2, 0) is 0 Å². The molecule has 8 heteroatoms. The van der Waals surface area contributed by atoms with Gasteiger partial charge in [0.2, 0.25) is 5.13 Å². The molecule has 0 aliphatic carbocycles. The number of ether oxygens (including phenoxy) is 1. The predicted octanol–water partition coefficient (Wildman–Crippen LogP) is 6.38. The average Bonchev–Trinajstić information content (AvgIpc) is 3.49. The van der Waals surface area contributed by atoms with E-state index >= 15 is 0 Å². The lowest BCUT2D eigenvalue weighted by Gasteiger charge is -2.02. The van der Waals surface area contributed by atoms with Gasteiger partial charge in [0.05, 0.1) is 18.5 Å². The van der Waals surface area contributed by atoms with E-state index in [4.69, 9.17) is 4.74 Å². The maximum Gasteiger partial charge on any atom is 0.301 e. The van der Waals surface area contributed by atoms with Crippen molar-refractivity contribution in [2.24, 2.45) is 10.2 Å². The van der Waals surface area contributed by atoms with E-state index in [0.717, 1.165) is 16.8 Å². The van der Waals surface area contributed by atoms with Crippen LogP contribution in [-0.4, -0.2) is 21.9 Å². The summed E-state index contributed by atoms with van der Waals surface area (Å²) in [7, 11) is 1.57.